The Bertz CT molecular complexity index is 952. The number of ether oxygens (including phenoxy) is 2. The normalized spacial score (nSPS) is 12.6. The second-order valence-corrected chi connectivity index (χ2v) is 5.76. The third-order valence-corrected chi connectivity index (χ3v) is 4.05. The fraction of sp³-hybridized carbons (Fsp3) is 0.111. The van der Waals surface area contributed by atoms with Crippen LogP contribution in [0.3, 0.4) is 0 Å². The lowest BCUT2D eigenvalue weighted by atomic mass is 10.0. The Hall–Kier alpha value is -2.59. The summed E-state index contributed by atoms with van der Waals surface area (Å²) >= 11 is 5.78. The Kier molecular flexibility index (Phi) is 3.20. The smallest absolute Gasteiger partial charge is 0.253 e. The molecule has 3 aromatic rings. The maximum atomic E-state index is 11.8. The van der Waals surface area contributed by atoms with Crippen LogP contribution in [0.15, 0.2) is 42.5 Å². The number of fused-ring (bicyclic) bond motifs is 2. The van der Waals surface area contributed by atoms with Crippen LogP contribution in [-0.2, 0) is 0 Å². The van der Waals surface area contributed by atoms with Crippen LogP contribution in [0.25, 0.3) is 22.2 Å². The molecule has 0 amide bonds. The average molecular weight is 326 g/mol. The molecule has 4 rings (SSSR count). The number of benzene rings is 2. The molecular formula is C18H12ClNO3. The molecule has 1 aliphatic rings. The summed E-state index contributed by atoms with van der Waals surface area (Å²) in [7, 11) is 0. The maximum Gasteiger partial charge on any atom is 0.253 e. The molecule has 0 atom stereocenters. The highest BCUT2D eigenvalue weighted by Crippen LogP contribution is 2.36. The van der Waals surface area contributed by atoms with Crippen molar-refractivity contribution in [2.75, 3.05) is 6.79 Å². The second kappa shape index (κ2) is 5.25. The van der Waals surface area contributed by atoms with Gasteiger partial charge in [0.05, 0.1) is 11.2 Å². The first-order valence-electron chi connectivity index (χ1n) is 7.13. The number of aryl methyl sites for hydroxylation is 1. The van der Waals surface area contributed by atoms with Gasteiger partial charge in [0.15, 0.2) is 11.5 Å². The van der Waals surface area contributed by atoms with Crippen LogP contribution in [0.1, 0.15) is 15.9 Å². The molecule has 0 saturated heterocycles. The predicted octanol–water partition coefficient (Wildman–Crippen LogP) is 4.32. The molecule has 0 fully saturated rings. The summed E-state index contributed by atoms with van der Waals surface area (Å²) in [5.74, 6) is 1.38. The van der Waals surface area contributed by atoms with E-state index >= 15 is 0 Å². The topological polar surface area (TPSA) is 48.4 Å². The minimum Gasteiger partial charge on any atom is -0.454 e. The highest BCUT2D eigenvalue weighted by molar-refractivity contribution is 6.68. The molecule has 0 bridgehead atoms. The zero-order valence-electron chi connectivity index (χ0n) is 12.3. The lowest BCUT2D eigenvalue weighted by Crippen LogP contribution is -1.96. The van der Waals surface area contributed by atoms with Gasteiger partial charge in [-0.15, -0.1) is 0 Å². The number of aromatic nitrogens is 1. The number of rotatable bonds is 2. The van der Waals surface area contributed by atoms with Crippen molar-refractivity contribution in [2.45, 2.75) is 6.92 Å². The van der Waals surface area contributed by atoms with Gasteiger partial charge < -0.3 is 9.47 Å². The first-order valence-corrected chi connectivity index (χ1v) is 7.51. The maximum absolute atomic E-state index is 11.8. The van der Waals surface area contributed by atoms with Crippen molar-refractivity contribution >= 4 is 27.7 Å². The summed E-state index contributed by atoms with van der Waals surface area (Å²) in [5, 5.41) is 0.263. The molecule has 0 spiro atoms. The summed E-state index contributed by atoms with van der Waals surface area (Å²) < 4.78 is 10.7. The zero-order chi connectivity index (χ0) is 16.0. The van der Waals surface area contributed by atoms with Crippen molar-refractivity contribution in [2.24, 2.45) is 0 Å². The van der Waals surface area contributed by atoms with E-state index in [1.54, 1.807) is 6.07 Å². The minimum atomic E-state index is -0.495. The van der Waals surface area contributed by atoms with E-state index in [-0.39, 0.29) is 6.79 Å². The van der Waals surface area contributed by atoms with Gasteiger partial charge in [-0.2, -0.15) is 0 Å². The highest BCUT2D eigenvalue weighted by atomic mass is 35.5. The summed E-state index contributed by atoms with van der Waals surface area (Å²) in [6.07, 6.45) is 0. The van der Waals surface area contributed by atoms with E-state index < -0.39 is 5.24 Å². The van der Waals surface area contributed by atoms with E-state index in [4.69, 9.17) is 21.1 Å². The molecule has 4 nitrogen and oxygen atoms in total. The largest absolute Gasteiger partial charge is 0.454 e. The van der Waals surface area contributed by atoms with Crippen molar-refractivity contribution in [3.63, 3.8) is 0 Å². The number of pyridine rings is 1. The first kappa shape index (κ1) is 14.0. The monoisotopic (exact) mass is 325 g/mol. The van der Waals surface area contributed by atoms with Crippen LogP contribution < -0.4 is 9.47 Å². The van der Waals surface area contributed by atoms with Crippen molar-refractivity contribution in [1.82, 2.24) is 4.98 Å². The fourth-order valence-corrected chi connectivity index (χ4v) is 2.86. The van der Waals surface area contributed by atoms with Gasteiger partial charge in [-0.25, -0.2) is 4.98 Å². The molecule has 23 heavy (non-hydrogen) atoms. The van der Waals surface area contributed by atoms with E-state index in [9.17, 15) is 4.79 Å². The number of nitrogens with zero attached hydrogens (tertiary/aromatic N) is 1. The lowest BCUT2D eigenvalue weighted by Gasteiger charge is -2.08. The Labute approximate surface area is 137 Å². The molecule has 2 heterocycles. The second-order valence-electron chi connectivity index (χ2n) is 5.42. The van der Waals surface area contributed by atoms with Crippen LogP contribution in [0.5, 0.6) is 11.5 Å². The summed E-state index contributed by atoms with van der Waals surface area (Å²) in [6.45, 7) is 2.18. The highest BCUT2D eigenvalue weighted by Gasteiger charge is 2.17. The van der Waals surface area contributed by atoms with Gasteiger partial charge in [0.1, 0.15) is 0 Å². The molecule has 1 aliphatic heterocycles. The zero-order valence-corrected chi connectivity index (χ0v) is 13.1. The molecule has 5 heteroatoms. The van der Waals surface area contributed by atoms with Gasteiger partial charge in [-0.3, -0.25) is 4.79 Å². The summed E-state index contributed by atoms with van der Waals surface area (Å²) in [5.41, 5.74) is 3.75. The van der Waals surface area contributed by atoms with E-state index in [1.165, 1.54) is 0 Å². The van der Waals surface area contributed by atoms with Gasteiger partial charge >= 0.3 is 0 Å². The Balaban J connectivity index is 1.94. The molecule has 114 valence electrons. The van der Waals surface area contributed by atoms with Crippen molar-refractivity contribution in [3.8, 4) is 22.8 Å². The molecule has 0 aliphatic carbocycles. The van der Waals surface area contributed by atoms with Crippen LogP contribution in [0, 0.1) is 6.92 Å². The predicted molar refractivity (Wildman–Crippen MR) is 88.2 cm³/mol. The minimum absolute atomic E-state index is 0.217. The molecule has 2 aromatic carbocycles. The molecule has 0 unspecified atom stereocenters. The Morgan fingerprint density at radius 3 is 2.74 bits per heavy atom. The molecule has 1 aromatic heterocycles. The number of carbonyl (C=O) groups excluding carboxylic acids is 1. The van der Waals surface area contributed by atoms with E-state index in [0.29, 0.717) is 22.8 Å². The van der Waals surface area contributed by atoms with Crippen LogP contribution in [-0.4, -0.2) is 17.0 Å². The number of hydrogen-bond acceptors (Lipinski definition) is 4. The van der Waals surface area contributed by atoms with Crippen molar-refractivity contribution in [1.29, 1.82) is 0 Å². The van der Waals surface area contributed by atoms with Gasteiger partial charge in [-0.05, 0) is 54.9 Å². The molecule has 0 N–H and O–H groups in total. The quantitative estimate of drug-likeness (QED) is 0.658. The van der Waals surface area contributed by atoms with Crippen LogP contribution in [0.2, 0.25) is 0 Å². The summed E-state index contributed by atoms with van der Waals surface area (Å²) in [6, 6.07) is 13.1. The van der Waals surface area contributed by atoms with Crippen molar-refractivity contribution < 1.29 is 14.3 Å². The van der Waals surface area contributed by atoms with Gasteiger partial charge in [0.25, 0.3) is 5.24 Å². The third-order valence-electron chi connectivity index (χ3n) is 3.84. The molecule has 0 saturated carbocycles. The number of halogens is 1. The SMILES string of the molecule is Cc1ccc2nc(-c3ccc4c(c3)OCO4)cc(C(=O)Cl)c2c1. The van der Waals surface area contributed by atoms with Gasteiger partial charge in [0.2, 0.25) is 6.79 Å². The number of hydrogen-bond donors (Lipinski definition) is 0. The standard InChI is InChI=1S/C18H12ClNO3/c1-10-2-4-14-12(6-10)13(18(19)21)8-15(20-14)11-3-5-16-17(7-11)23-9-22-16/h2-8H,9H2,1H3. The Morgan fingerprint density at radius 2 is 1.91 bits per heavy atom. The van der Waals surface area contributed by atoms with Crippen molar-refractivity contribution in [3.05, 3.63) is 53.6 Å². The van der Waals surface area contributed by atoms with E-state index in [2.05, 4.69) is 4.98 Å². The molecular weight excluding hydrogens is 314 g/mol. The van der Waals surface area contributed by atoms with Crippen LogP contribution >= 0.6 is 11.6 Å². The Morgan fingerprint density at radius 1 is 1.09 bits per heavy atom. The summed E-state index contributed by atoms with van der Waals surface area (Å²) in [4.78, 5) is 16.5. The third kappa shape index (κ3) is 2.41. The van der Waals surface area contributed by atoms with E-state index in [0.717, 1.165) is 22.0 Å². The van der Waals surface area contributed by atoms with Gasteiger partial charge in [-0.1, -0.05) is 11.6 Å². The average Bonchev–Trinajstić information content (AvgIpc) is 3.01. The molecule has 0 radical (unpaired) electrons. The fourth-order valence-electron chi connectivity index (χ4n) is 2.71. The van der Waals surface area contributed by atoms with Crippen LogP contribution in [0.4, 0.5) is 0 Å². The first-order chi connectivity index (χ1) is 11.1. The lowest BCUT2D eigenvalue weighted by molar-refractivity contribution is 0.108. The number of carbonyl (C=O) groups is 1. The van der Waals surface area contributed by atoms with Gasteiger partial charge in [0, 0.05) is 16.5 Å². The van der Waals surface area contributed by atoms with E-state index in [1.807, 2.05) is 43.3 Å².